The zero-order valence-corrected chi connectivity index (χ0v) is 13.1. The van der Waals surface area contributed by atoms with Crippen LogP contribution in [0.25, 0.3) is 0 Å². The fourth-order valence-electron chi connectivity index (χ4n) is 3.01. The molecule has 20 heavy (non-hydrogen) atoms. The van der Waals surface area contributed by atoms with Crippen LogP contribution in [0, 0.1) is 0 Å². The molecule has 112 valence electrons. The minimum atomic E-state index is 0.0451. The number of hydrogen-bond donors (Lipinski definition) is 1. The molecular weight excluding hydrogens is 248 g/mol. The van der Waals surface area contributed by atoms with Crippen LogP contribution in [-0.2, 0) is 6.42 Å². The number of methoxy groups -OCH3 is 1. The summed E-state index contributed by atoms with van der Waals surface area (Å²) in [6.45, 7) is 6.92. The van der Waals surface area contributed by atoms with Gasteiger partial charge in [-0.15, -0.1) is 0 Å². The van der Waals surface area contributed by atoms with Crippen molar-refractivity contribution in [2.24, 2.45) is 5.73 Å². The molecule has 1 saturated heterocycles. The van der Waals surface area contributed by atoms with Crippen LogP contribution in [0.3, 0.4) is 0 Å². The molecule has 2 N–H and O–H groups in total. The maximum atomic E-state index is 6.52. The van der Waals surface area contributed by atoms with Crippen molar-refractivity contribution in [1.82, 2.24) is 4.90 Å². The van der Waals surface area contributed by atoms with Crippen LogP contribution in [0.2, 0.25) is 0 Å². The lowest BCUT2D eigenvalue weighted by Crippen LogP contribution is -2.58. The van der Waals surface area contributed by atoms with Crippen LogP contribution in [0.1, 0.15) is 38.7 Å². The number of rotatable bonds is 5. The van der Waals surface area contributed by atoms with Crippen molar-refractivity contribution in [2.75, 3.05) is 20.2 Å². The quantitative estimate of drug-likeness (QED) is 0.898. The van der Waals surface area contributed by atoms with Gasteiger partial charge in [0.15, 0.2) is 0 Å². The second-order valence-electron chi connectivity index (χ2n) is 6.36. The average molecular weight is 276 g/mol. The highest BCUT2D eigenvalue weighted by molar-refractivity contribution is 5.29. The van der Waals surface area contributed by atoms with Gasteiger partial charge in [0.05, 0.1) is 7.11 Å². The smallest absolute Gasteiger partial charge is 0.119 e. The van der Waals surface area contributed by atoms with Gasteiger partial charge in [-0.1, -0.05) is 18.6 Å². The van der Waals surface area contributed by atoms with Gasteiger partial charge in [-0.2, -0.15) is 0 Å². The molecule has 3 nitrogen and oxygen atoms in total. The van der Waals surface area contributed by atoms with E-state index in [4.69, 9.17) is 10.5 Å². The van der Waals surface area contributed by atoms with Crippen LogP contribution < -0.4 is 10.5 Å². The summed E-state index contributed by atoms with van der Waals surface area (Å²) < 4.78 is 5.29. The Kier molecular flexibility index (Phi) is 5.06. The fraction of sp³-hybridized carbons (Fsp3) is 0.647. The monoisotopic (exact) mass is 276 g/mol. The van der Waals surface area contributed by atoms with E-state index in [9.17, 15) is 0 Å². The van der Waals surface area contributed by atoms with Crippen LogP contribution in [0.4, 0.5) is 0 Å². The highest BCUT2D eigenvalue weighted by Crippen LogP contribution is 2.25. The summed E-state index contributed by atoms with van der Waals surface area (Å²) in [7, 11) is 1.71. The van der Waals surface area contributed by atoms with Crippen molar-refractivity contribution in [3.63, 3.8) is 0 Å². The Morgan fingerprint density at radius 2 is 1.95 bits per heavy atom. The van der Waals surface area contributed by atoms with E-state index >= 15 is 0 Å². The molecule has 0 bridgehead atoms. The summed E-state index contributed by atoms with van der Waals surface area (Å²) in [5.74, 6) is 0.908. The number of ether oxygens (including phenoxy) is 1. The van der Waals surface area contributed by atoms with Crippen molar-refractivity contribution in [3.8, 4) is 5.75 Å². The van der Waals surface area contributed by atoms with Crippen LogP contribution >= 0.6 is 0 Å². The predicted octanol–water partition coefficient (Wildman–Crippen LogP) is 2.83. The Labute approximate surface area is 123 Å². The van der Waals surface area contributed by atoms with Crippen molar-refractivity contribution < 1.29 is 4.74 Å². The average Bonchev–Trinajstić information content (AvgIpc) is 2.48. The standard InChI is InChI=1S/C17H28N2O/c1-17(2,19-10-5-4-6-11-19)16(18)13-14-8-7-9-15(12-14)20-3/h7-9,12,16H,4-6,10-11,13,18H2,1-3H3. The lowest BCUT2D eigenvalue weighted by atomic mass is 9.87. The Morgan fingerprint density at radius 3 is 2.60 bits per heavy atom. The summed E-state index contributed by atoms with van der Waals surface area (Å²) in [4.78, 5) is 2.56. The number of hydrogen-bond acceptors (Lipinski definition) is 3. The molecule has 0 amide bonds. The Balaban J connectivity index is 2.03. The molecule has 1 aliphatic heterocycles. The molecule has 2 rings (SSSR count). The highest BCUT2D eigenvalue weighted by atomic mass is 16.5. The zero-order valence-electron chi connectivity index (χ0n) is 13.1. The van der Waals surface area contributed by atoms with Crippen LogP contribution in [0.15, 0.2) is 24.3 Å². The lowest BCUT2D eigenvalue weighted by Gasteiger charge is -2.44. The minimum Gasteiger partial charge on any atom is -0.497 e. The molecule has 1 fully saturated rings. The summed E-state index contributed by atoms with van der Waals surface area (Å²) in [6.07, 6.45) is 4.85. The number of piperidine rings is 1. The first-order valence-electron chi connectivity index (χ1n) is 7.67. The SMILES string of the molecule is COc1cccc(CC(N)C(C)(C)N2CCCCC2)c1. The van der Waals surface area contributed by atoms with E-state index in [2.05, 4.69) is 30.9 Å². The van der Waals surface area contributed by atoms with E-state index in [0.717, 1.165) is 12.2 Å². The first-order valence-corrected chi connectivity index (χ1v) is 7.67. The van der Waals surface area contributed by atoms with E-state index in [1.165, 1.54) is 37.9 Å². The second kappa shape index (κ2) is 6.59. The summed E-state index contributed by atoms with van der Waals surface area (Å²) >= 11 is 0. The zero-order chi connectivity index (χ0) is 14.6. The number of likely N-dealkylation sites (tertiary alicyclic amines) is 1. The Hall–Kier alpha value is -1.06. The van der Waals surface area contributed by atoms with Crippen molar-refractivity contribution in [3.05, 3.63) is 29.8 Å². The van der Waals surface area contributed by atoms with Gasteiger partial charge in [-0.05, 0) is 63.9 Å². The Morgan fingerprint density at radius 1 is 1.25 bits per heavy atom. The molecule has 1 aromatic carbocycles. The Bertz CT molecular complexity index is 425. The summed E-state index contributed by atoms with van der Waals surface area (Å²) in [6, 6.07) is 8.37. The molecule has 1 heterocycles. The van der Waals surface area contributed by atoms with Gasteiger partial charge in [0, 0.05) is 11.6 Å². The maximum Gasteiger partial charge on any atom is 0.119 e. The van der Waals surface area contributed by atoms with E-state index < -0.39 is 0 Å². The van der Waals surface area contributed by atoms with Gasteiger partial charge in [-0.3, -0.25) is 4.90 Å². The van der Waals surface area contributed by atoms with Crippen molar-refractivity contribution in [2.45, 2.75) is 51.1 Å². The molecule has 1 atom stereocenters. The second-order valence-corrected chi connectivity index (χ2v) is 6.36. The van der Waals surface area contributed by atoms with Crippen molar-refractivity contribution >= 4 is 0 Å². The molecular formula is C17H28N2O. The van der Waals surface area contributed by atoms with E-state index in [0.29, 0.717) is 0 Å². The molecule has 3 heteroatoms. The molecule has 1 unspecified atom stereocenters. The number of benzene rings is 1. The highest BCUT2D eigenvalue weighted by Gasteiger charge is 2.33. The predicted molar refractivity (Wildman–Crippen MR) is 84.2 cm³/mol. The van der Waals surface area contributed by atoms with Gasteiger partial charge in [0.2, 0.25) is 0 Å². The first-order chi connectivity index (χ1) is 9.54. The summed E-state index contributed by atoms with van der Waals surface area (Å²) in [5.41, 5.74) is 7.82. The van der Waals surface area contributed by atoms with Gasteiger partial charge < -0.3 is 10.5 Å². The normalized spacial score (nSPS) is 18.8. The van der Waals surface area contributed by atoms with Crippen LogP contribution in [0.5, 0.6) is 5.75 Å². The fourth-order valence-corrected chi connectivity index (χ4v) is 3.01. The van der Waals surface area contributed by atoms with Gasteiger partial charge in [0.25, 0.3) is 0 Å². The first kappa shape index (κ1) is 15.3. The third kappa shape index (κ3) is 3.53. The topological polar surface area (TPSA) is 38.5 Å². The maximum absolute atomic E-state index is 6.52. The molecule has 0 saturated carbocycles. The van der Waals surface area contributed by atoms with E-state index in [1.54, 1.807) is 7.11 Å². The van der Waals surface area contributed by atoms with E-state index in [1.807, 2.05) is 12.1 Å². The minimum absolute atomic E-state index is 0.0451. The van der Waals surface area contributed by atoms with Gasteiger partial charge >= 0.3 is 0 Å². The van der Waals surface area contributed by atoms with Crippen molar-refractivity contribution in [1.29, 1.82) is 0 Å². The third-order valence-electron chi connectivity index (χ3n) is 4.67. The molecule has 1 aliphatic rings. The third-order valence-corrected chi connectivity index (χ3v) is 4.67. The summed E-state index contributed by atoms with van der Waals surface area (Å²) in [5, 5.41) is 0. The lowest BCUT2D eigenvalue weighted by molar-refractivity contribution is 0.0731. The van der Waals surface area contributed by atoms with E-state index in [-0.39, 0.29) is 11.6 Å². The molecule has 0 aromatic heterocycles. The number of nitrogens with zero attached hydrogens (tertiary/aromatic N) is 1. The number of nitrogens with two attached hydrogens (primary N) is 1. The molecule has 1 aromatic rings. The van der Waals surface area contributed by atoms with Gasteiger partial charge in [-0.25, -0.2) is 0 Å². The van der Waals surface area contributed by atoms with Crippen LogP contribution in [-0.4, -0.2) is 36.7 Å². The molecule has 0 aliphatic carbocycles. The largest absolute Gasteiger partial charge is 0.497 e. The molecule has 0 radical (unpaired) electrons. The van der Waals surface area contributed by atoms with Gasteiger partial charge in [0.1, 0.15) is 5.75 Å². The molecule has 0 spiro atoms.